The molecular weight excluding hydrogens is 226 g/mol. The minimum Gasteiger partial charge on any atom is -0.497 e. The van der Waals surface area contributed by atoms with Crippen molar-refractivity contribution in [3.63, 3.8) is 0 Å². The number of hydrogen-bond acceptors (Lipinski definition) is 3. The summed E-state index contributed by atoms with van der Waals surface area (Å²) in [5, 5.41) is 13.3. The van der Waals surface area contributed by atoms with Gasteiger partial charge in [0.25, 0.3) is 0 Å². The second-order valence-corrected chi connectivity index (χ2v) is 5.16. The van der Waals surface area contributed by atoms with E-state index in [1.165, 1.54) is 5.56 Å². The van der Waals surface area contributed by atoms with E-state index in [1.807, 2.05) is 12.1 Å². The van der Waals surface area contributed by atoms with Gasteiger partial charge in [-0.25, -0.2) is 0 Å². The maximum absolute atomic E-state index is 9.79. The number of methoxy groups -OCH3 is 1. The Kier molecular flexibility index (Phi) is 4.61. The largest absolute Gasteiger partial charge is 0.497 e. The Hall–Kier alpha value is -1.06. The Morgan fingerprint density at radius 3 is 2.94 bits per heavy atom. The number of aliphatic hydroxyl groups is 1. The van der Waals surface area contributed by atoms with Gasteiger partial charge in [0, 0.05) is 12.6 Å². The fourth-order valence-corrected chi connectivity index (χ4v) is 2.61. The zero-order valence-electron chi connectivity index (χ0n) is 11.2. The number of nitrogens with one attached hydrogen (secondary N) is 1. The van der Waals surface area contributed by atoms with Gasteiger partial charge in [-0.15, -0.1) is 0 Å². The molecule has 1 fully saturated rings. The monoisotopic (exact) mass is 249 g/mol. The van der Waals surface area contributed by atoms with Gasteiger partial charge < -0.3 is 15.2 Å². The predicted octanol–water partition coefficient (Wildman–Crippen LogP) is 2.51. The molecule has 1 aliphatic carbocycles. The summed E-state index contributed by atoms with van der Waals surface area (Å²) >= 11 is 0. The Labute approximate surface area is 109 Å². The smallest absolute Gasteiger partial charge is 0.119 e. The van der Waals surface area contributed by atoms with Crippen LogP contribution in [0.4, 0.5) is 0 Å². The van der Waals surface area contributed by atoms with E-state index < -0.39 is 0 Å². The molecule has 1 aromatic carbocycles. The first kappa shape index (κ1) is 13.4. The van der Waals surface area contributed by atoms with Crippen molar-refractivity contribution in [2.75, 3.05) is 13.7 Å². The summed E-state index contributed by atoms with van der Waals surface area (Å²) in [7, 11) is 1.69. The van der Waals surface area contributed by atoms with Gasteiger partial charge in [0.1, 0.15) is 5.75 Å². The van der Waals surface area contributed by atoms with E-state index >= 15 is 0 Å². The summed E-state index contributed by atoms with van der Waals surface area (Å²) < 4.78 is 5.23. The van der Waals surface area contributed by atoms with Crippen LogP contribution in [0, 0.1) is 5.92 Å². The van der Waals surface area contributed by atoms with Crippen LogP contribution in [-0.2, 0) is 0 Å². The van der Waals surface area contributed by atoms with Crippen LogP contribution < -0.4 is 10.1 Å². The molecule has 0 spiro atoms. The lowest BCUT2D eigenvalue weighted by Crippen LogP contribution is -2.29. The number of hydrogen-bond donors (Lipinski definition) is 2. The molecule has 0 saturated heterocycles. The van der Waals surface area contributed by atoms with E-state index in [2.05, 4.69) is 24.4 Å². The lowest BCUT2D eigenvalue weighted by Gasteiger charge is -2.20. The Morgan fingerprint density at radius 2 is 2.28 bits per heavy atom. The molecule has 0 aromatic heterocycles. The van der Waals surface area contributed by atoms with Crippen LogP contribution >= 0.6 is 0 Å². The van der Waals surface area contributed by atoms with Crippen molar-refractivity contribution < 1.29 is 9.84 Å². The summed E-state index contributed by atoms with van der Waals surface area (Å²) in [5.41, 5.74) is 1.22. The van der Waals surface area contributed by atoms with Crippen molar-refractivity contribution in [1.29, 1.82) is 0 Å². The minimum absolute atomic E-state index is 0.116. The fraction of sp³-hybridized carbons (Fsp3) is 0.600. The van der Waals surface area contributed by atoms with Gasteiger partial charge in [-0.05, 0) is 43.4 Å². The molecule has 3 unspecified atom stereocenters. The molecule has 3 atom stereocenters. The molecule has 0 heterocycles. The summed E-state index contributed by atoms with van der Waals surface area (Å²) in [6.45, 7) is 3.04. The molecule has 100 valence electrons. The highest BCUT2D eigenvalue weighted by atomic mass is 16.5. The zero-order valence-corrected chi connectivity index (χ0v) is 11.2. The van der Waals surface area contributed by atoms with Gasteiger partial charge in [-0.2, -0.15) is 0 Å². The van der Waals surface area contributed by atoms with E-state index in [1.54, 1.807) is 7.11 Å². The number of benzene rings is 1. The van der Waals surface area contributed by atoms with Gasteiger partial charge in [0.2, 0.25) is 0 Å². The minimum atomic E-state index is -0.116. The van der Waals surface area contributed by atoms with E-state index in [0.717, 1.165) is 31.6 Å². The van der Waals surface area contributed by atoms with Crippen molar-refractivity contribution in [2.45, 2.75) is 38.3 Å². The zero-order chi connectivity index (χ0) is 13.0. The lowest BCUT2D eigenvalue weighted by atomic mass is 10.0. The van der Waals surface area contributed by atoms with Gasteiger partial charge in [-0.1, -0.05) is 18.6 Å². The summed E-state index contributed by atoms with van der Waals surface area (Å²) in [4.78, 5) is 0. The highest BCUT2D eigenvalue weighted by Crippen LogP contribution is 2.26. The predicted molar refractivity (Wildman–Crippen MR) is 72.8 cm³/mol. The third-order valence-electron chi connectivity index (χ3n) is 3.90. The average Bonchev–Trinajstić information content (AvgIpc) is 2.81. The molecule has 1 aromatic rings. The molecule has 1 saturated carbocycles. The molecule has 0 bridgehead atoms. The number of ether oxygens (including phenoxy) is 1. The van der Waals surface area contributed by atoms with E-state index in [9.17, 15) is 5.11 Å². The highest BCUT2D eigenvalue weighted by molar-refractivity contribution is 5.30. The fourth-order valence-electron chi connectivity index (χ4n) is 2.61. The summed E-state index contributed by atoms with van der Waals surface area (Å²) in [6.07, 6.45) is 3.13. The SMILES string of the molecule is COc1cccc(C(C)NCC2CCCC2O)c1. The van der Waals surface area contributed by atoms with Crippen LogP contribution in [0.15, 0.2) is 24.3 Å². The number of rotatable bonds is 5. The first-order chi connectivity index (χ1) is 8.70. The maximum Gasteiger partial charge on any atom is 0.119 e. The molecule has 0 radical (unpaired) electrons. The Bertz CT molecular complexity index is 381. The van der Waals surface area contributed by atoms with Crippen LogP contribution in [0.1, 0.15) is 37.8 Å². The third kappa shape index (κ3) is 3.24. The molecule has 2 N–H and O–H groups in total. The summed E-state index contributed by atoms with van der Waals surface area (Å²) in [6, 6.07) is 8.41. The topological polar surface area (TPSA) is 41.5 Å². The molecule has 0 amide bonds. The molecular formula is C15H23NO2. The van der Waals surface area contributed by atoms with E-state index in [0.29, 0.717) is 5.92 Å². The van der Waals surface area contributed by atoms with Crippen molar-refractivity contribution in [1.82, 2.24) is 5.32 Å². The first-order valence-corrected chi connectivity index (χ1v) is 6.76. The summed E-state index contributed by atoms with van der Waals surface area (Å²) in [5.74, 6) is 1.31. The molecule has 18 heavy (non-hydrogen) atoms. The van der Waals surface area contributed by atoms with Crippen LogP contribution in [0.5, 0.6) is 5.75 Å². The van der Waals surface area contributed by atoms with Crippen molar-refractivity contribution in [3.05, 3.63) is 29.8 Å². The Balaban J connectivity index is 1.88. The second kappa shape index (κ2) is 6.21. The van der Waals surface area contributed by atoms with Crippen molar-refractivity contribution in [3.8, 4) is 5.75 Å². The van der Waals surface area contributed by atoms with Gasteiger partial charge in [0.05, 0.1) is 13.2 Å². The van der Waals surface area contributed by atoms with E-state index in [4.69, 9.17) is 4.74 Å². The standard InChI is InChI=1S/C15H23NO2/c1-11(12-5-3-7-14(9-12)18-2)16-10-13-6-4-8-15(13)17/h3,5,7,9,11,13,15-17H,4,6,8,10H2,1-2H3. The third-order valence-corrected chi connectivity index (χ3v) is 3.90. The van der Waals surface area contributed by atoms with Crippen LogP contribution in [-0.4, -0.2) is 24.9 Å². The second-order valence-electron chi connectivity index (χ2n) is 5.16. The number of aliphatic hydroxyl groups excluding tert-OH is 1. The van der Waals surface area contributed by atoms with E-state index in [-0.39, 0.29) is 12.1 Å². The van der Waals surface area contributed by atoms with Gasteiger partial charge >= 0.3 is 0 Å². The Morgan fingerprint density at radius 1 is 1.44 bits per heavy atom. The quantitative estimate of drug-likeness (QED) is 0.842. The molecule has 3 heteroatoms. The molecule has 2 rings (SSSR count). The van der Waals surface area contributed by atoms with Crippen molar-refractivity contribution in [2.24, 2.45) is 5.92 Å². The van der Waals surface area contributed by atoms with Gasteiger partial charge in [0.15, 0.2) is 0 Å². The van der Waals surface area contributed by atoms with Crippen LogP contribution in [0.25, 0.3) is 0 Å². The van der Waals surface area contributed by atoms with Crippen LogP contribution in [0.3, 0.4) is 0 Å². The van der Waals surface area contributed by atoms with Crippen LogP contribution in [0.2, 0.25) is 0 Å². The highest BCUT2D eigenvalue weighted by Gasteiger charge is 2.25. The average molecular weight is 249 g/mol. The molecule has 1 aliphatic rings. The molecule has 0 aliphatic heterocycles. The van der Waals surface area contributed by atoms with Crippen molar-refractivity contribution >= 4 is 0 Å². The lowest BCUT2D eigenvalue weighted by molar-refractivity contribution is 0.130. The van der Waals surface area contributed by atoms with Gasteiger partial charge in [-0.3, -0.25) is 0 Å². The first-order valence-electron chi connectivity index (χ1n) is 6.76. The molecule has 3 nitrogen and oxygen atoms in total. The normalized spacial score (nSPS) is 25.1. The maximum atomic E-state index is 9.79.